The van der Waals surface area contributed by atoms with Gasteiger partial charge in [0, 0.05) is 12.1 Å². The molecular weight excluding hydrogens is 214 g/mol. The quantitative estimate of drug-likeness (QED) is 0.849. The van der Waals surface area contributed by atoms with Crippen molar-refractivity contribution >= 4 is 5.69 Å². The number of nitrogens with one attached hydrogen (secondary N) is 2. The van der Waals surface area contributed by atoms with Crippen molar-refractivity contribution in [2.75, 3.05) is 11.9 Å². The fourth-order valence-corrected chi connectivity index (χ4v) is 1.98. The van der Waals surface area contributed by atoms with Crippen molar-refractivity contribution in [2.45, 2.75) is 52.9 Å². The summed E-state index contributed by atoms with van der Waals surface area (Å²) in [4.78, 5) is 11.5. The van der Waals surface area contributed by atoms with E-state index in [4.69, 9.17) is 0 Å². The Kier molecular flexibility index (Phi) is 5.73. The van der Waals surface area contributed by atoms with E-state index in [-0.39, 0.29) is 5.56 Å². The van der Waals surface area contributed by atoms with Gasteiger partial charge in [0.1, 0.15) is 0 Å². The van der Waals surface area contributed by atoms with Crippen LogP contribution in [-0.4, -0.2) is 16.7 Å². The van der Waals surface area contributed by atoms with Gasteiger partial charge < -0.3 is 5.32 Å². The molecule has 4 nitrogen and oxygen atoms in total. The second kappa shape index (κ2) is 7.09. The summed E-state index contributed by atoms with van der Waals surface area (Å²) >= 11 is 0. The molecule has 0 aliphatic carbocycles. The molecule has 96 valence electrons. The van der Waals surface area contributed by atoms with E-state index in [0.717, 1.165) is 55.6 Å². The van der Waals surface area contributed by atoms with Gasteiger partial charge in [-0.05, 0) is 25.7 Å². The Balaban J connectivity index is 0.000000686. The first-order valence-electron chi connectivity index (χ1n) is 6.67. The van der Waals surface area contributed by atoms with E-state index in [1.807, 2.05) is 13.8 Å². The molecule has 2 heterocycles. The summed E-state index contributed by atoms with van der Waals surface area (Å²) in [6.07, 6.45) is 5.12. The van der Waals surface area contributed by atoms with Gasteiger partial charge in [0.25, 0.3) is 5.56 Å². The van der Waals surface area contributed by atoms with Gasteiger partial charge >= 0.3 is 0 Å². The third kappa shape index (κ3) is 3.32. The molecule has 0 spiro atoms. The van der Waals surface area contributed by atoms with Crippen molar-refractivity contribution < 1.29 is 0 Å². The van der Waals surface area contributed by atoms with Crippen LogP contribution in [0.4, 0.5) is 5.69 Å². The van der Waals surface area contributed by atoms with E-state index in [1.165, 1.54) is 0 Å². The lowest BCUT2D eigenvalue weighted by molar-refractivity contribution is 0.730. The minimum Gasteiger partial charge on any atom is -0.383 e. The third-order valence-corrected chi connectivity index (χ3v) is 2.83. The number of nitrogens with zero attached hydrogens (tertiary/aromatic N) is 1. The Morgan fingerprint density at radius 1 is 1.35 bits per heavy atom. The standard InChI is InChI=1S/C11H17N3O.C2H6/c1-2-3-6-9-10-8(5-4-7-12-10)11(15)14-13-9;1-2/h12H,2-7H2,1H3,(H,14,15);1-2H3. The zero-order valence-corrected chi connectivity index (χ0v) is 11.1. The summed E-state index contributed by atoms with van der Waals surface area (Å²) in [6, 6.07) is 0. The summed E-state index contributed by atoms with van der Waals surface area (Å²) < 4.78 is 0. The zero-order chi connectivity index (χ0) is 12.7. The number of hydrogen-bond acceptors (Lipinski definition) is 3. The smallest absolute Gasteiger partial charge is 0.269 e. The second-order valence-electron chi connectivity index (χ2n) is 3.99. The zero-order valence-electron chi connectivity index (χ0n) is 11.1. The van der Waals surface area contributed by atoms with Crippen LogP contribution < -0.4 is 10.9 Å². The highest BCUT2D eigenvalue weighted by Gasteiger charge is 2.16. The van der Waals surface area contributed by atoms with Crippen LogP contribution >= 0.6 is 0 Å². The van der Waals surface area contributed by atoms with Crippen LogP contribution in [0.3, 0.4) is 0 Å². The van der Waals surface area contributed by atoms with Crippen LogP contribution in [-0.2, 0) is 12.8 Å². The Morgan fingerprint density at radius 3 is 2.82 bits per heavy atom. The number of unbranched alkanes of at least 4 members (excludes halogenated alkanes) is 1. The van der Waals surface area contributed by atoms with Crippen LogP contribution in [0.25, 0.3) is 0 Å². The van der Waals surface area contributed by atoms with Crippen LogP contribution in [0.2, 0.25) is 0 Å². The molecule has 2 rings (SSSR count). The molecular formula is C13H23N3O. The molecule has 1 aromatic heterocycles. The highest BCUT2D eigenvalue weighted by atomic mass is 16.1. The van der Waals surface area contributed by atoms with Gasteiger partial charge in [-0.25, -0.2) is 5.10 Å². The molecule has 1 aromatic rings. The predicted octanol–water partition coefficient (Wildman–Crippen LogP) is 2.50. The van der Waals surface area contributed by atoms with Gasteiger partial charge in [-0.15, -0.1) is 0 Å². The maximum atomic E-state index is 11.5. The number of aryl methyl sites for hydroxylation is 1. The Labute approximate surface area is 103 Å². The lowest BCUT2D eigenvalue weighted by Crippen LogP contribution is -2.25. The number of aromatic nitrogens is 2. The number of aromatic amines is 1. The molecule has 4 heteroatoms. The molecule has 0 aromatic carbocycles. The lowest BCUT2D eigenvalue weighted by Gasteiger charge is -2.19. The lowest BCUT2D eigenvalue weighted by atomic mass is 10.0. The van der Waals surface area contributed by atoms with Crippen molar-refractivity contribution in [3.05, 3.63) is 21.6 Å². The largest absolute Gasteiger partial charge is 0.383 e. The monoisotopic (exact) mass is 237 g/mol. The van der Waals surface area contributed by atoms with Gasteiger partial charge in [-0.2, -0.15) is 5.10 Å². The molecule has 1 aliphatic heterocycles. The first-order chi connectivity index (χ1) is 8.33. The van der Waals surface area contributed by atoms with Crippen LogP contribution in [0.5, 0.6) is 0 Å². The number of rotatable bonds is 3. The summed E-state index contributed by atoms with van der Waals surface area (Å²) in [6.45, 7) is 7.11. The minimum atomic E-state index is -0.0301. The maximum absolute atomic E-state index is 11.5. The number of hydrogen-bond donors (Lipinski definition) is 2. The summed E-state index contributed by atoms with van der Waals surface area (Å²) in [7, 11) is 0. The Hall–Kier alpha value is -1.32. The number of H-pyrrole nitrogens is 1. The molecule has 0 fully saturated rings. The summed E-state index contributed by atoms with van der Waals surface area (Å²) in [5.41, 5.74) is 2.88. The molecule has 0 saturated heterocycles. The fourth-order valence-electron chi connectivity index (χ4n) is 1.98. The SMILES string of the molecule is CC.CCCCc1n[nH]c(=O)c2c1NCCC2. The first-order valence-corrected chi connectivity index (χ1v) is 6.67. The van der Waals surface area contributed by atoms with Crippen LogP contribution in [0.1, 0.15) is 51.3 Å². The number of fused-ring (bicyclic) bond motifs is 1. The van der Waals surface area contributed by atoms with Crippen LogP contribution in [0, 0.1) is 0 Å². The third-order valence-electron chi connectivity index (χ3n) is 2.83. The van der Waals surface area contributed by atoms with E-state index >= 15 is 0 Å². The van der Waals surface area contributed by atoms with Gasteiger partial charge in [-0.1, -0.05) is 27.2 Å². The Morgan fingerprint density at radius 2 is 2.12 bits per heavy atom. The predicted molar refractivity (Wildman–Crippen MR) is 71.6 cm³/mol. The van der Waals surface area contributed by atoms with Crippen molar-refractivity contribution in [1.82, 2.24) is 10.2 Å². The van der Waals surface area contributed by atoms with E-state index in [1.54, 1.807) is 0 Å². The van der Waals surface area contributed by atoms with E-state index in [0.29, 0.717) is 0 Å². The number of anilines is 1. The normalized spacial score (nSPS) is 13.1. The van der Waals surface area contributed by atoms with E-state index < -0.39 is 0 Å². The first kappa shape index (κ1) is 13.7. The molecule has 0 saturated carbocycles. The molecule has 2 N–H and O–H groups in total. The van der Waals surface area contributed by atoms with Crippen LogP contribution in [0.15, 0.2) is 4.79 Å². The minimum absolute atomic E-state index is 0.0301. The highest BCUT2D eigenvalue weighted by molar-refractivity contribution is 5.55. The van der Waals surface area contributed by atoms with E-state index in [9.17, 15) is 4.79 Å². The molecule has 0 bridgehead atoms. The van der Waals surface area contributed by atoms with E-state index in [2.05, 4.69) is 22.4 Å². The van der Waals surface area contributed by atoms with Crippen molar-refractivity contribution in [1.29, 1.82) is 0 Å². The van der Waals surface area contributed by atoms with Crippen molar-refractivity contribution in [3.8, 4) is 0 Å². The second-order valence-corrected chi connectivity index (χ2v) is 3.99. The Bertz CT molecular complexity index is 398. The van der Waals surface area contributed by atoms with Crippen molar-refractivity contribution in [2.24, 2.45) is 0 Å². The highest BCUT2D eigenvalue weighted by Crippen LogP contribution is 2.22. The van der Waals surface area contributed by atoms with Gasteiger partial charge in [-0.3, -0.25) is 4.79 Å². The van der Waals surface area contributed by atoms with Gasteiger partial charge in [0.2, 0.25) is 0 Å². The average molecular weight is 237 g/mol. The molecule has 0 radical (unpaired) electrons. The molecule has 0 unspecified atom stereocenters. The average Bonchev–Trinajstić information content (AvgIpc) is 2.41. The molecule has 0 atom stereocenters. The molecule has 17 heavy (non-hydrogen) atoms. The molecule has 0 amide bonds. The summed E-state index contributed by atoms with van der Waals surface area (Å²) in [5, 5.41) is 10.0. The van der Waals surface area contributed by atoms with Crippen molar-refractivity contribution in [3.63, 3.8) is 0 Å². The maximum Gasteiger partial charge on any atom is 0.269 e. The van der Waals surface area contributed by atoms with Gasteiger partial charge in [0.15, 0.2) is 0 Å². The van der Waals surface area contributed by atoms with Gasteiger partial charge in [0.05, 0.1) is 11.4 Å². The summed E-state index contributed by atoms with van der Waals surface area (Å²) in [5.74, 6) is 0. The molecule has 1 aliphatic rings. The topological polar surface area (TPSA) is 57.8 Å². The fraction of sp³-hybridized carbons (Fsp3) is 0.692.